The number of hydrogen-bond acceptors (Lipinski definition) is 5. The SMILES string of the molecule is CC(=Cc1nsc(Nc2ccccc2)n1)NCc1ccccc1. The Morgan fingerprint density at radius 1 is 1.04 bits per heavy atom. The minimum Gasteiger partial charge on any atom is -0.384 e. The average Bonchev–Trinajstić information content (AvgIpc) is 3.02. The van der Waals surface area contributed by atoms with Crippen molar-refractivity contribution in [3.05, 3.63) is 77.7 Å². The van der Waals surface area contributed by atoms with E-state index in [4.69, 9.17) is 0 Å². The number of hydrogen-bond donors (Lipinski definition) is 2. The molecule has 3 aromatic rings. The van der Waals surface area contributed by atoms with E-state index in [0.29, 0.717) is 5.82 Å². The van der Waals surface area contributed by atoms with Gasteiger partial charge in [0.1, 0.15) is 0 Å². The summed E-state index contributed by atoms with van der Waals surface area (Å²) in [4.78, 5) is 4.48. The molecule has 1 aromatic heterocycles. The van der Waals surface area contributed by atoms with Crippen LogP contribution in [0.4, 0.5) is 10.8 Å². The number of aromatic nitrogens is 2. The normalized spacial score (nSPS) is 11.3. The second kappa shape index (κ2) is 7.56. The van der Waals surface area contributed by atoms with Crippen LogP contribution in [0.3, 0.4) is 0 Å². The summed E-state index contributed by atoms with van der Waals surface area (Å²) in [5, 5.41) is 7.41. The van der Waals surface area contributed by atoms with Crippen molar-refractivity contribution in [2.45, 2.75) is 13.5 Å². The van der Waals surface area contributed by atoms with Crippen molar-refractivity contribution < 1.29 is 0 Å². The van der Waals surface area contributed by atoms with Crippen molar-refractivity contribution in [2.75, 3.05) is 5.32 Å². The van der Waals surface area contributed by atoms with Crippen LogP contribution in [0, 0.1) is 0 Å². The van der Waals surface area contributed by atoms with E-state index in [1.165, 1.54) is 17.1 Å². The van der Waals surface area contributed by atoms with Gasteiger partial charge in [-0.1, -0.05) is 48.5 Å². The van der Waals surface area contributed by atoms with E-state index in [0.717, 1.165) is 23.1 Å². The minimum atomic E-state index is 0.714. The van der Waals surface area contributed by atoms with Gasteiger partial charge in [-0.2, -0.15) is 9.36 Å². The van der Waals surface area contributed by atoms with E-state index in [1.54, 1.807) is 0 Å². The molecule has 0 unspecified atom stereocenters. The van der Waals surface area contributed by atoms with Gasteiger partial charge in [0, 0.05) is 35.5 Å². The van der Waals surface area contributed by atoms with Crippen molar-refractivity contribution >= 4 is 28.4 Å². The van der Waals surface area contributed by atoms with E-state index in [2.05, 4.69) is 32.1 Å². The third kappa shape index (κ3) is 4.66. The molecule has 2 N–H and O–H groups in total. The largest absolute Gasteiger partial charge is 0.384 e. The zero-order valence-corrected chi connectivity index (χ0v) is 13.7. The number of allylic oxidation sites excluding steroid dienone is 1. The quantitative estimate of drug-likeness (QED) is 0.705. The lowest BCUT2D eigenvalue weighted by molar-refractivity contribution is 0.817. The minimum absolute atomic E-state index is 0.714. The molecule has 23 heavy (non-hydrogen) atoms. The molecule has 5 heteroatoms. The van der Waals surface area contributed by atoms with Gasteiger partial charge in [0.25, 0.3) is 0 Å². The van der Waals surface area contributed by atoms with Crippen molar-refractivity contribution in [1.82, 2.24) is 14.7 Å². The van der Waals surface area contributed by atoms with E-state index in [9.17, 15) is 0 Å². The highest BCUT2D eigenvalue weighted by Gasteiger charge is 2.02. The lowest BCUT2D eigenvalue weighted by Crippen LogP contribution is -2.10. The number of para-hydroxylation sites is 1. The molecule has 4 nitrogen and oxygen atoms in total. The second-order valence-electron chi connectivity index (χ2n) is 5.12. The van der Waals surface area contributed by atoms with Crippen molar-refractivity contribution in [2.24, 2.45) is 0 Å². The van der Waals surface area contributed by atoms with Crippen LogP contribution >= 0.6 is 11.5 Å². The van der Waals surface area contributed by atoms with Crippen LogP contribution in [0.5, 0.6) is 0 Å². The maximum Gasteiger partial charge on any atom is 0.207 e. The van der Waals surface area contributed by atoms with Crippen molar-refractivity contribution in [3.8, 4) is 0 Å². The van der Waals surface area contributed by atoms with Crippen LogP contribution in [0.2, 0.25) is 0 Å². The molecule has 0 aliphatic rings. The zero-order valence-electron chi connectivity index (χ0n) is 12.9. The highest BCUT2D eigenvalue weighted by molar-refractivity contribution is 7.09. The first-order chi connectivity index (χ1) is 11.3. The topological polar surface area (TPSA) is 49.8 Å². The lowest BCUT2D eigenvalue weighted by Gasteiger charge is -2.05. The van der Waals surface area contributed by atoms with E-state index in [-0.39, 0.29) is 0 Å². The summed E-state index contributed by atoms with van der Waals surface area (Å²) in [7, 11) is 0. The Bertz CT molecular complexity index is 766. The molecule has 116 valence electrons. The number of rotatable bonds is 6. The summed E-state index contributed by atoms with van der Waals surface area (Å²) in [5.41, 5.74) is 3.30. The van der Waals surface area contributed by atoms with E-state index >= 15 is 0 Å². The summed E-state index contributed by atoms with van der Waals surface area (Å²) < 4.78 is 4.36. The Morgan fingerprint density at radius 3 is 2.48 bits per heavy atom. The first kappa shape index (κ1) is 15.2. The number of anilines is 2. The highest BCUT2D eigenvalue weighted by Crippen LogP contribution is 2.18. The third-order valence-electron chi connectivity index (χ3n) is 3.23. The monoisotopic (exact) mass is 322 g/mol. The van der Waals surface area contributed by atoms with E-state index in [1.807, 2.05) is 61.5 Å². The standard InChI is InChI=1S/C18H18N4S/c1-14(19-13-15-8-4-2-5-9-15)12-17-21-18(23-22-17)20-16-10-6-3-7-11-16/h2-12,19H,13H2,1H3,(H,20,21,22). The molecule has 2 aromatic carbocycles. The van der Waals surface area contributed by atoms with E-state index < -0.39 is 0 Å². The molecule has 0 amide bonds. The van der Waals surface area contributed by atoms with Gasteiger partial charge in [-0.3, -0.25) is 0 Å². The first-order valence-electron chi connectivity index (χ1n) is 7.41. The molecule has 0 bridgehead atoms. The molecule has 0 spiro atoms. The second-order valence-corrected chi connectivity index (χ2v) is 5.87. The van der Waals surface area contributed by atoms with Crippen molar-refractivity contribution in [1.29, 1.82) is 0 Å². The molecular weight excluding hydrogens is 304 g/mol. The number of benzene rings is 2. The zero-order chi connectivity index (χ0) is 15.9. The summed E-state index contributed by atoms with van der Waals surface area (Å²) in [5.74, 6) is 0.714. The lowest BCUT2D eigenvalue weighted by atomic mass is 10.2. The summed E-state index contributed by atoms with van der Waals surface area (Å²) in [6, 6.07) is 20.3. The molecular formula is C18H18N4S. The fraction of sp³-hybridized carbons (Fsp3) is 0.111. The summed E-state index contributed by atoms with van der Waals surface area (Å²) >= 11 is 1.36. The molecule has 0 fully saturated rings. The average molecular weight is 322 g/mol. The molecule has 1 heterocycles. The third-order valence-corrected chi connectivity index (χ3v) is 3.87. The van der Waals surface area contributed by atoms with Gasteiger partial charge in [0.05, 0.1) is 0 Å². The van der Waals surface area contributed by atoms with Gasteiger partial charge in [-0.25, -0.2) is 0 Å². The Hall–Kier alpha value is -2.66. The molecule has 0 aliphatic carbocycles. The maximum atomic E-state index is 4.48. The molecule has 0 saturated carbocycles. The maximum absolute atomic E-state index is 4.48. The van der Waals surface area contributed by atoms with Gasteiger partial charge in [-0.05, 0) is 24.6 Å². The van der Waals surface area contributed by atoms with Crippen LogP contribution in [0.1, 0.15) is 18.3 Å². The van der Waals surface area contributed by atoms with Crippen LogP contribution in [-0.2, 0) is 6.54 Å². The van der Waals surface area contributed by atoms with Crippen LogP contribution in [0.15, 0.2) is 66.4 Å². The Morgan fingerprint density at radius 2 is 1.74 bits per heavy atom. The molecule has 0 atom stereocenters. The molecule has 3 rings (SSSR count). The Kier molecular flexibility index (Phi) is 5.01. The Labute approximate surface area is 140 Å². The fourth-order valence-electron chi connectivity index (χ4n) is 2.07. The van der Waals surface area contributed by atoms with Gasteiger partial charge < -0.3 is 10.6 Å². The van der Waals surface area contributed by atoms with Gasteiger partial charge >= 0.3 is 0 Å². The van der Waals surface area contributed by atoms with Gasteiger partial charge in [0.15, 0.2) is 5.82 Å². The van der Waals surface area contributed by atoms with Crippen LogP contribution in [-0.4, -0.2) is 9.36 Å². The Balaban J connectivity index is 1.59. The molecule has 0 saturated heterocycles. The smallest absolute Gasteiger partial charge is 0.207 e. The predicted molar refractivity (Wildman–Crippen MR) is 96.6 cm³/mol. The fourth-order valence-corrected chi connectivity index (χ4v) is 2.64. The van der Waals surface area contributed by atoms with Crippen molar-refractivity contribution in [3.63, 3.8) is 0 Å². The van der Waals surface area contributed by atoms with Gasteiger partial charge in [-0.15, -0.1) is 0 Å². The predicted octanol–water partition coefficient (Wildman–Crippen LogP) is 4.43. The first-order valence-corrected chi connectivity index (χ1v) is 8.19. The van der Waals surface area contributed by atoms with Crippen LogP contribution in [0.25, 0.3) is 6.08 Å². The number of nitrogens with zero attached hydrogens (tertiary/aromatic N) is 2. The molecule has 0 radical (unpaired) electrons. The summed E-state index contributed by atoms with van der Waals surface area (Å²) in [6.45, 7) is 2.82. The number of nitrogens with one attached hydrogen (secondary N) is 2. The summed E-state index contributed by atoms with van der Waals surface area (Å²) in [6.07, 6.45) is 1.95. The van der Waals surface area contributed by atoms with Gasteiger partial charge in [0.2, 0.25) is 5.13 Å². The molecule has 0 aliphatic heterocycles. The van der Waals surface area contributed by atoms with Crippen LogP contribution < -0.4 is 10.6 Å². The highest BCUT2D eigenvalue weighted by atomic mass is 32.1.